The number of unbranched alkanes of at least 4 members (excludes halogenated alkanes) is 8. The molecule has 2 saturated heterocycles. The molecule has 2 fully saturated rings. The average Bonchev–Trinajstić information content (AvgIpc) is 3.19. The van der Waals surface area contributed by atoms with Crippen molar-refractivity contribution >= 4 is 5.97 Å². The first kappa shape index (κ1) is 50.1. The molecule has 7 N–H and O–H groups in total. The van der Waals surface area contributed by atoms with Gasteiger partial charge < -0.3 is 64.2 Å². The molecule has 14 heteroatoms. The van der Waals surface area contributed by atoms with Crippen molar-refractivity contribution in [2.75, 3.05) is 33.0 Å². The van der Waals surface area contributed by atoms with Crippen LogP contribution in [0.4, 0.5) is 0 Å². The lowest BCUT2D eigenvalue weighted by Gasteiger charge is -2.42. The number of carbonyl (C=O) groups is 1. The maximum Gasteiger partial charge on any atom is 0.306 e. The highest BCUT2D eigenvalue weighted by Gasteiger charge is 2.47. The van der Waals surface area contributed by atoms with Crippen molar-refractivity contribution in [3.63, 3.8) is 0 Å². The Morgan fingerprint density at radius 1 is 0.607 bits per heavy atom. The van der Waals surface area contributed by atoms with Crippen LogP contribution in [-0.4, -0.2) is 142 Å². The highest BCUT2D eigenvalue weighted by atomic mass is 16.7. The monoisotopic (exact) mass is 800 g/mol. The Bertz CT molecular complexity index is 1110. The normalized spacial score (nSPS) is 29.3. The number of aliphatic hydroxyl groups is 7. The van der Waals surface area contributed by atoms with E-state index in [2.05, 4.69) is 62.5 Å². The molecule has 0 bridgehead atoms. The third-order valence-electron chi connectivity index (χ3n) is 9.60. The maximum atomic E-state index is 12.6. The summed E-state index contributed by atoms with van der Waals surface area (Å²) in [6.45, 7) is 3.35. The molecule has 0 aromatic rings. The van der Waals surface area contributed by atoms with Gasteiger partial charge in [-0.25, -0.2) is 0 Å². The number of aliphatic hydroxyl groups excluding tert-OH is 7. The fraction of sp³-hybridized carbons (Fsp3) is 0.786. The molecular formula is C42H72O14. The topological polar surface area (TPSA) is 214 Å². The molecule has 2 rings (SSSR count). The first-order valence-corrected chi connectivity index (χ1v) is 20.7. The lowest BCUT2D eigenvalue weighted by molar-refractivity contribution is -0.332. The molecule has 2 heterocycles. The second kappa shape index (κ2) is 30.9. The van der Waals surface area contributed by atoms with Gasteiger partial charge in [-0.05, 0) is 51.4 Å². The Morgan fingerprint density at radius 3 is 1.80 bits per heavy atom. The molecule has 14 nitrogen and oxygen atoms in total. The van der Waals surface area contributed by atoms with Crippen molar-refractivity contribution in [1.82, 2.24) is 0 Å². The van der Waals surface area contributed by atoms with Crippen molar-refractivity contribution in [2.45, 2.75) is 178 Å². The van der Waals surface area contributed by atoms with E-state index in [1.165, 1.54) is 0 Å². The molecule has 0 amide bonds. The summed E-state index contributed by atoms with van der Waals surface area (Å²) < 4.78 is 33.8. The Kier molecular flexibility index (Phi) is 27.7. The van der Waals surface area contributed by atoms with E-state index >= 15 is 0 Å². The third kappa shape index (κ3) is 20.1. The molecule has 56 heavy (non-hydrogen) atoms. The van der Waals surface area contributed by atoms with Gasteiger partial charge in [0.2, 0.25) is 0 Å². The first-order valence-electron chi connectivity index (χ1n) is 20.7. The van der Waals surface area contributed by atoms with Gasteiger partial charge in [0.25, 0.3) is 0 Å². The number of carbonyl (C=O) groups excluding carboxylic acids is 1. The van der Waals surface area contributed by atoms with Gasteiger partial charge in [0.1, 0.15) is 54.9 Å². The van der Waals surface area contributed by atoms with Crippen LogP contribution >= 0.6 is 0 Å². The molecule has 0 aromatic heterocycles. The SMILES string of the molecule is CC/C=C\C/C=C\C/C=C\C/C=C\CCCCCCCOCC(COC1OC(COC2OC(CO)C(O)C(O)C2O)C(O)C(O)C1O)OC(=O)CCCCCC. The van der Waals surface area contributed by atoms with E-state index in [1.807, 2.05) is 0 Å². The number of hydrogen-bond acceptors (Lipinski definition) is 14. The van der Waals surface area contributed by atoms with Crippen molar-refractivity contribution in [3.05, 3.63) is 48.6 Å². The predicted molar refractivity (Wildman–Crippen MR) is 210 cm³/mol. The third-order valence-corrected chi connectivity index (χ3v) is 9.60. The van der Waals surface area contributed by atoms with Crippen LogP contribution in [0.5, 0.6) is 0 Å². The van der Waals surface area contributed by atoms with Crippen LogP contribution in [0.25, 0.3) is 0 Å². The Balaban J connectivity index is 1.75. The van der Waals surface area contributed by atoms with Crippen molar-refractivity contribution in [2.24, 2.45) is 0 Å². The number of ether oxygens (including phenoxy) is 6. The zero-order chi connectivity index (χ0) is 41.0. The molecule has 2 aliphatic rings. The quantitative estimate of drug-likeness (QED) is 0.0314. The van der Waals surface area contributed by atoms with Gasteiger partial charge in [0.15, 0.2) is 12.6 Å². The van der Waals surface area contributed by atoms with Gasteiger partial charge >= 0.3 is 5.97 Å². The molecule has 0 aliphatic carbocycles. The van der Waals surface area contributed by atoms with Gasteiger partial charge in [-0.3, -0.25) is 4.79 Å². The second-order valence-corrected chi connectivity index (χ2v) is 14.4. The lowest BCUT2D eigenvalue weighted by atomic mass is 9.98. The highest BCUT2D eigenvalue weighted by Crippen LogP contribution is 2.26. The van der Waals surface area contributed by atoms with E-state index in [4.69, 9.17) is 28.4 Å². The maximum absolute atomic E-state index is 12.6. The van der Waals surface area contributed by atoms with Gasteiger partial charge in [-0.2, -0.15) is 0 Å². The molecule has 0 radical (unpaired) electrons. The standard InChI is InChI=1S/C42H72O14/c1-3-5-7-9-10-11-12-13-14-15-16-17-18-19-20-21-22-24-26-51-28-31(54-34(44)25-23-8-6-4-2)29-52-41-40(50)38(48)36(46)33(56-41)30-53-42-39(49)37(47)35(45)32(27-43)55-42/h5,7,10-11,13-14,16-17,31-33,35-43,45-50H,3-4,6,8-9,12,15,18-30H2,1-2H3/b7-5-,11-10-,14-13-,17-16-. The average molecular weight is 801 g/mol. The summed E-state index contributed by atoms with van der Waals surface area (Å²) in [5, 5.41) is 71.5. The lowest BCUT2D eigenvalue weighted by Crippen LogP contribution is -2.61. The second-order valence-electron chi connectivity index (χ2n) is 14.4. The van der Waals surface area contributed by atoms with E-state index in [0.29, 0.717) is 13.0 Å². The van der Waals surface area contributed by atoms with Crippen molar-refractivity contribution in [1.29, 1.82) is 0 Å². The minimum atomic E-state index is -1.71. The smallest absolute Gasteiger partial charge is 0.306 e. The highest BCUT2D eigenvalue weighted by molar-refractivity contribution is 5.69. The van der Waals surface area contributed by atoms with Crippen molar-refractivity contribution < 1.29 is 69.0 Å². The molecular weight excluding hydrogens is 728 g/mol. The van der Waals surface area contributed by atoms with E-state index in [9.17, 15) is 40.5 Å². The van der Waals surface area contributed by atoms with Gasteiger partial charge in [-0.1, -0.05) is 101 Å². The molecule has 2 aliphatic heterocycles. The molecule has 11 atom stereocenters. The summed E-state index contributed by atoms with van der Waals surface area (Å²) in [5.74, 6) is -0.405. The summed E-state index contributed by atoms with van der Waals surface area (Å²) in [6, 6.07) is 0. The predicted octanol–water partition coefficient (Wildman–Crippen LogP) is 3.67. The number of rotatable bonds is 30. The van der Waals surface area contributed by atoms with Gasteiger partial charge in [0.05, 0.1) is 26.4 Å². The Hall–Kier alpha value is -2.05. The van der Waals surface area contributed by atoms with Crippen LogP contribution in [0, 0.1) is 0 Å². The minimum absolute atomic E-state index is 0.0458. The summed E-state index contributed by atoms with van der Waals surface area (Å²) in [4.78, 5) is 12.6. The number of allylic oxidation sites excluding steroid dienone is 8. The van der Waals surface area contributed by atoms with E-state index < -0.39 is 86.7 Å². The van der Waals surface area contributed by atoms with E-state index in [-0.39, 0.29) is 19.6 Å². The van der Waals surface area contributed by atoms with E-state index in [0.717, 1.165) is 83.5 Å². The Labute approximate surface area is 333 Å². The van der Waals surface area contributed by atoms with Crippen LogP contribution in [0.2, 0.25) is 0 Å². The number of esters is 1. The molecule has 324 valence electrons. The summed E-state index contributed by atoms with van der Waals surface area (Å²) in [6.07, 6.45) is 15.5. The van der Waals surface area contributed by atoms with Gasteiger partial charge in [0, 0.05) is 13.0 Å². The van der Waals surface area contributed by atoms with Crippen LogP contribution in [0.15, 0.2) is 48.6 Å². The van der Waals surface area contributed by atoms with E-state index in [1.54, 1.807) is 0 Å². The fourth-order valence-corrected chi connectivity index (χ4v) is 6.15. The summed E-state index contributed by atoms with van der Waals surface area (Å²) in [7, 11) is 0. The Morgan fingerprint density at radius 2 is 1.16 bits per heavy atom. The summed E-state index contributed by atoms with van der Waals surface area (Å²) in [5.41, 5.74) is 0. The molecule has 0 saturated carbocycles. The van der Waals surface area contributed by atoms with Crippen LogP contribution < -0.4 is 0 Å². The number of hydrogen-bond donors (Lipinski definition) is 7. The molecule has 11 unspecified atom stereocenters. The van der Waals surface area contributed by atoms with Crippen molar-refractivity contribution in [3.8, 4) is 0 Å². The zero-order valence-corrected chi connectivity index (χ0v) is 33.6. The minimum Gasteiger partial charge on any atom is -0.457 e. The summed E-state index contributed by atoms with van der Waals surface area (Å²) >= 11 is 0. The molecule has 0 spiro atoms. The fourth-order valence-electron chi connectivity index (χ4n) is 6.15. The van der Waals surface area contributed by atoms with Crippen LogP contribution in [-0.2, 0) is 33.2 Å². The van der Waals surface area contributed by atoms with Crippen LogP contribution in [0.1, 0.15) is 110 Å². The van der Waals surface area contributed by atoms with Gasteiger partial charge in [-0.15, -0.1) is 0 Å². The zero-order valence-electron chi connectivity index (χ0n) is 33.6. The molecule has 0 aromatic carbocycles. The largest absolute Gasteiger partial charge is 0.457 e. The van der Waals surface area contributed by atoms with Crippen LogP contribution in [0.3, 0.4) is 0 Å². The first-order chi connectivity index (χ1) is 27.1.